The monoisotopic (exact) mass is 277 g/mol. The van der Waals surface area contributed by atoms with Crippen LogP contribution in [0.3, 0.4) is 0 Å². The number of hydrogen-bond donors (Lipinski definition) is 2. The molecule has 7 heteroatoms. The molecule has 0 fully saturated rings. The molecule has 0 radical (unpaired) electrons. The molecule has 1 rings (SSSR count). The minimum atomic E-state index is -3.59. The number of hydrogen-bond acceptors (Lipinski definition) is 4. The Morgan fingerprint density at radius 3 is 2.71 bits per heavy atom. The van der Waals surface area contributed by atoms with E-state index in [0.29, 0.717) is 12.2 Å². The maximum absolute atomic E-state index is 11.7. The zero-order valence-electron chi connectivity index (χ0n) is 9.42. The van der Waals surface area contributed by atoms with Crippen LogP contribution >= 0.6 is 0 Å². The van der Waals surface area contributed by atoms with Gasteiger partial charge in [0, 0.05) is 29.4 Å². The molecule has 0 aliphatic heterocycles. The van der Waals surface area contributed by atoms with Gasteiger partial charge in [-0.15, -0.1) is 0 Å². The summed E-state index contributed by atoms with van der Waals surface area (Å²) in [5, 5.41) is 9.19. The van der Waals surface area contributed by atoms with Crippen molar-refractivity contribution >= 4 is 20.8 Å². The molecular weight excluding hydrogens is 262 g/mol. The predicted octanol–water partition coefficient (Wildman–Crippen LogP) is 0.439. The van der Waals surface area contributed by atoms with Crippen molar-refractivity contribution in [2.45, 2.75) is 11.3 Å². The standard InChI is InChI=1S/C10H15NO4S2/c1-16(13)7-3-6-11-17(14,15)10-5-2-4-9(12)8-10/h2,4-5,8,11-12H,3,6-7H2,1H3. The molecule has 5 nitrogen and oxygen atoms in total. The number of benzene rings is 1. The van der Waals surface area contributed by atoms with Crippen molar-refractivity contribution in [2.24, 2.45) is 0 Å². The van der Waals surface area contributed by atoms with Crippen LogP contribution in [-0.4, -0.2) is 36.3 Å². The summed E-state index contributed by atoms with van der Waals surface area (Å²) < 4.78 is 36.6. The van der Waals surface area contributed by atoms with Gasteiger partial charge in [-0.25, -0.2) is 13.1 Å². The normalized spacial score (nSPS) is 13.5. The van der Waals surface area contributed by atoms with Gasteiger partial charge in [0.25, 0.3) is 0 Å². The van der Waals surface area contributed by atoms with E-state index in [1.807, 2.05) is 0 Å². The molecule has 0 spiro atoms. The molecule has 0 heterocycles. The molecule has 0 aromatic heterocycles. The smallest absolute Gasteiger partial charge is 0.240 e. The second-order valence-corrected chi connectivity index (χ2v) is 6.85. The van der Waals surface area contributed by atoms with Crippen molar-refractivity contribution < 1.29 is 17.7 Å². The topological polar surface area (TPSA) is 83.5 Å². The Balaban J connectivity index is 2.60. The largest absolute Gasteiger partial charge is 0.508 e. The van der Waals surface area contributed by atoms with Gasteiger partial charge in [0.15, 0.2) is 0 Å². The molecule has 2 N–H and O–H groups in total. The Morgan fingerprint density at radius 2 is 2.12 bits per heavy atom. The van der Waals surface area contributed by atoms with Gasteiger partial charge in [0.2, 0.25) is 10.0 Å². The molecule has 0 aliphatic rings. The van der Waals surface area contributed by atoms with E-state index in [1.165, 1.54) is 24.3 Å². The Morgan fingerprint density at radius 1 is 1.41 bits per heavy atom. The first kappa shape index (κ1) is 14.1. The summed E-state index contributed by atoms with van der Waals surface area (Å²) in [6, 6.07) is 5.45. The van der Waals surface area contributed by atoms with E-state index >= 15 is 0 Å². The zero-order valence-corrected chi connectivity index (χ0v) is 11.1. The lowest BCUT2D eigenvalue weighted by Gasteiger charge is -2.06. The number of aromatic hydroxyl groups is 1. The Hall–Kier alpha value is -0.920. The lowest BCUT2D eigenvalue weighted by Crippen LogP contribution is -2.25. The maximum atomic E-state index is 11.7. The lowest BCUT2D eigenvalue weighted by molar-refractivity contribution is 0.473. The second kappa shape index (κ2) is 6.13. The van der Waals surface area contributed by atoms with Crippen LogP contribution < -0.4 is 4.72 Å². The lowest BCUT2D eigenvalue weighted by atomic mass is 10.3. The summed E-state index contributed by atoms with van der Waals surface area (Å²) in [6.07, 6.45) is 2.09. The Kier molecular flexibility index (Phi) is 5.10. The van der Waals surface area contributed by atoms with E-state index in [-0.39, 0.29) is 17.2 Å². The summed E-state index contributed by atoms with van der Waals surface area (Å²) in [7, 11) is -4.51. The van der Waals surface area contributed by atoms with Gasteiger partial charge in [-0.1, -0.05) is 6.07 Å². The van der Waals surface area contributed by atoms with E-state index in [0.717, 1.165) is 0 Å². The molecule has 0 saturated carbocycles. The highest BCUT2D eigenvalue weighted by molar-refractivity contribution is 7.89. The molecule has 0 bridgehead atoms. The maximum Gasteiger partial charge on any atom is 0.240 e. The molecule has 0 amide bonds. The quantitative estimate of drug-likeness (QED) is 0.739. The van der Waals surface area contributed by atoms with Crippen molar-refractivity contribution in [1.29, 1.82) is 0 Å². The van der Waals surface area contributed by atoms with Crippen LogP contribution in [0, 0.1) is 0 Å². The molecule has 0 saturated heterocycles. The first-order valence-electron chi connectivity index (χ1n) is 5.00. The Labute approximate surface area is 103 Å². The average molecular weight is 277 g/mol. The molecule has 1 unspecified atom stereocenters. The van der Waals surface area contributed by atoms with Crippen LogP contribution in [0.4, 0.5) is 0 Å². The number of phenolic OH excluding ortho intramolecular Hbond substituents is 1. The minimum absolute atomic E-state index is 0.0233. The molecule has 17 heavy (non-hydrogen) atoms. The van der Waals surface area contributed by atoms with Gasteiger partial charge < -0.3 is 5.11 Å². The van der Waals surface area contributed by atoms with Crippen LogP contribution in [0.15, 0.2) is 29.2 Å². The fraction of sp³-hybridized carbons (Fsp3) is 0.400. The highest BCUT2D eigenvalue weighted by atomic mass is 32.2. The fourth-order valence-corrected chi connectivity index (χ4v) is 2.88. The van der Waals surface area contributed by atoms with E-state index in [1.54, 1.807) is 6.26 Å². The van der Waals surface area contributed by atoms with Crippen LogP contribution in [-0.2, 0) is 20.8 Å². The molecule has 1 atom stereocenters. The van der Waals surface area contributed by atoms with E-state index in [2.05, 4.69) is 4.72 Å². The van der Waals surface area contributed by atoms with Crippen LogP contribution in [0.25, 0.3) is 0 Å². The fourth-order valence-electron chi connectivity index (χ4n) is 1.22. The van der Waals surface area contributed by atoms with Gasteiger partial charge in [-0.2, -0.15) is 0 Å². The SMILES string of the molecule is CS(=O)CCCNS(=O)(=O)c1cccc(O)c1. The summed E-state index contributed by atoms with van der Waals surface area (Å²) in [5.74, 6) is 0.366. The van der Waals surface area contributed by atoms with Gasteiger partial charge in [0.05, 0.1) is 4.90 Å². The predicted molar refractivity (Wildman–Crippen MR) is 66.8 cm³/mol. The summed E-state index contributed by atoms with van der Waals surface area (Å²) in [6.45, 7) is 0.234. The highest BCUT2D eigenvalue weighted by Gasteiger charge is 2.13. The van der Waals surface area contributed by atoms with Gasteiger partial charge in [-0.05, 0) is 24.6 Å². The Bertz CT molecular complexity index is 499. The summed E-state index contributed by atoms with van der Waals surface area (Å²) >= 11 is 0. The third-order valence-electron chi connectivity index (χ3n) is 2.03. The zero-order chi connectivity index (χ0) is 12.9. The van der Waals surface area contributed by atoms with Crippen LogP contribution in [0.5, 0.6) is 5.75 Å². The number of sulfonamides is 1. The number of rotatable bonds is 6. The van der Waals surface area contributed by atoms with Crippen molar-refractivity contribution in [1.82, 2.24) is 4.72 Å². The van der Waals surface area contributed by atoms with Crippen LogP contribution in [0.2, 0.25) is 0 Å². The molecule has 1 aromatic carbocycles. The van der Waals surface area contributed by atoms with Crippen molar-refractivity contribution in [3.63, 3.8) is 0 Å². The van der Waals surface area contributed by atoms with Crippen molar-refractivity contribution in [3.8, 4) is 5.75 Å². The van der Waals surface area contributed by atoms with E-state index in [4.69, 9.17) is 0 Å². The van der Waals surface area contributed by atoms with Gasteiger partial charge in [0.1, 0.15) is 5.75 Å². The molecule has 1 aromatic rings. The number of phenols is 1. The molecule has 0 aliphatic carbocycles. The van der Waals surface area contributed by atoms with E-state index in [9.17, 15) is 17.7 Å². The van der Waals surface area contributed by atoms with Gasteiger partial charge >= 0.3 is 0 Å². The highest BCUT2D eigenvalue weighted by Crippen LogP contribution is 2.15. The minimum Gasteiger partial charge on any atom is -0.508 e. The molecule has 96 valence electrons. The summed E-state index contributed by atoms with van der Waals surface area (Å²) in [4.78, 5) is 0.0233. The summed E-state index contributed by atoms with van der Waals surface area (Å²) in [5.41, 5.74) is 0. The average Bonchev–Trinajstić information content (AvgIpc) is 2.24. The van der Waals surface area contributed by atoms with Gasteiger partial charge in [-0.3, -0.25) is 4.21 Å². The second-order valence-electron chi connectivity index (χ2n) is 3.53. The third kappa shape index (κ3) is 4.84. The van der Waals surface area contributed by atoms with Crippen molar-refractivity contribution in [2.75, 3.05) is 18.6 Å². The molecular formula is C10H15NO4S2. The number of nitrogens with one attached hydrogen (secondary N) is 1. The first-order chi connectivity index (χ1) is 7.92. The first-order valence-corrected chi connectivity index (χ1v) is 8.21. The van der Waals surface area contributed by atoms with E-state index < -0.39 is 20.8 Å². The van der Waals surface area contributed by atoms with Crippen molar-refractivity contribution in [3.05, 3.63) is 24.3 Å². The van der Waals surface area contributed by atoms with Crippen LogP contribution in [0.1, 0.15) is 6.42 Å². The third-order valence-corrected chi connectivity index (χ3v) is 4.35.